The van der Waals surface area contributed by atoms with Crippen LogP contribution in [-0.2, 0) is 6.42 Å². The Kier molecular flexibility index (Phi) is 6.28. The maximum absolute atomic E-state index is 13.6. The number of amides is 1. The van der Waals surface area contributed by atoms with Crippen molar-refractivity contribution in [3.05, 3.63) is 81.8 Å². The van der Waals surface area contributed by atoms with Crippen molar-refractivity contribution in [2.24, 2.45) is 0 Å². The van der Waals surface area contributed by atoms with Crippen LogP contribution in [-0.4, -0.2) is 28.4 Å². The lowest BCUT2D eigenvalue weighted by molar-refractivity contribution is 0.0872. The fraction of sp³-hybridized carbons (Fsp3) is 0.190. The number of carbonyl (C=O) groups excluding carboxylic acids is 1. The van der Waals surface area contributed by atoms with E-state index in [1.165, 1.54) is 23.5 Å². The minimum atomic E-state index is -1.15. The highest BCUT2D eigenvalue weighted by Gasteiger charge is 2.23. The summed E-state index contributed by atoms with van der Waals surface area (Å²) in [6.45, 7) is 1.80. The van der Waals surface area contributed by atoms with Crippen LogP contribution in [0.2, 0.25) is 0 Å². The van der Waals surface area contributed by atoms with Crippen LogP contribution in [0.4, 0.5) is 10.1 Å². The number of thiophene rings is 1. The summed E-state index contributed by atoms with van der Waals surface area (Å²) in [4.78, 5) is 13.0. The number of rotatable bonds is 7. The van der Waals surface area contributed by atoms with Gasteiger partial charge in [0.1, 0.15) is 17.8 Å². The first-order chi connectivity index (χ1) is 13.4. The summed E-state index contributed by atoms with van der Waals surface area (Å²) in [5.74, 6) is -0.578. The van der Waals surface area contributed by atoms with E-state index in [2.05, 4.69) is 10.6 Å². The van der Waals surface area contributed by atoms with E-state index in [0.29, 0.717) is 17.0 Å². The van der Waals surface area contributed by atoms with Crippen LogP contribution in [0.3, 0.4) is 0 Å². The van der Waals surface area contributed by atoms with Gasteiger partial charge in [-0.1, -0.05) is 24.3 Å². The van der Waals surface area contributed by atoms with Gasteiger partial charge in [-0.3, -0.25) is 4.79 Å². The predicted octanol–water partition coefficient (Wildman–Crippen LogP) is 3.67. The van der Waals surface area contributed by atoms with Gasteiger partial charge in [-0.25, -0.2) is 4.39 Å². The maximum Gasteiger partial charge on any atom is 0.261 e. The summed E-state index contributed by atoms with van der Waals surface area (Å²) in [6.07, 6.45) is -0.835. The lowest BCUT2D eigenvalue weighted by atomic mass is 10.0. The molecule has 2 aromatic carbocycles. The van der Waals surface area contributed by atoms with Crippen molar-refractivity contribution in [2.45, 2.75) is 25.6 Å². The topological polar surface area (TPSA) is 81.6 Å². The van der Waals surface area contributed by atoms with Crippen LogP contribution in [0.15, 0.2) is 60.0 Å². The van der Waals surface area contributed by atoms with Crippen molar-refractivity contribution < 1.29 is 19.4 Å². The number of aliphatic hydroxyl groups is 1. The van der Waals surface area contributed by atoms with Crippen LogP contribution >= 0.6 is 11.3 Å². The SMILES string of the molecule is Cc1ccc(F)cc1NC(O)C(Cc1ccc(O)cc1)NC(=O)c1cccs1. The summed E-state index contributed by atoms with van der Waals surface area (Å²) in [5, 5.41) is 27.7. The minimum absolute atomic E-state index is 0.136. The number of carbonyl (C=O) groups is 1. The van der Waals surface area contributed by atoms with Crippen molar-refractivity contribution in [3.8, 4) is 5.75 Å². The third kappa shape index (κ3) is 5.09. The molecule has 28 heavy (non-hydrogen) atoms. The number of aliphatic hydroxyl groups excluding tert-OH is 1. The zero-order chi connectivity index (χ0) is 20.1. The number of phenols is 1. The average Bonchev–Trinajstić information content (AvgIpc) is 3.21. The zero-order valence-corrected chi connectivity index (χ0v) is 16.0. The van der Waals surface area contributed by atoms with Crippen LogP contribution in [0.25, 0.3) is 0 Å². The van der Waals surface area contributed by atoms with Crippen molar-refractivity contribution >= 4 is 22.9 Å². The molecule has 0 fully saturated rings. The van der Waals surface area contributed by atoms with Crippen molar-refractivity contribution in [1.82, 2.24) is 5.32 Å². The van der Waals surface area contributed by atoms with E-state index in [-0.39, 0.29) is 11.7 Å². The molecule has 0 aliphatic heterocycles. The van der Waals surface area contributed by atoms with Gasteiger partial charge in [-0.15, -0.1) is 11.3 Å². The highest BCUT2D eigenvalue weighted by molar-refractivity contribution is 7.12. The third-order valence-electron chi connectivity index (χ3n) is 4.34. The number of hydrogen-bond donors (Lipinski definition) is 4. The second-order valence-electron chi connectivity index (χ2n) is 6.48. The van der Waals surface area contributed by atoms with Gasteiger partial charge >= 0.3 is 0 Å². The number of aryl methyl sites for hydroxylation is 1. The van der Waals surface area contributed by atoms with Gasteiger partial charge in [0.15, 0.2) is 0 Å². The zero-order valence-electron chi connectivity index (χ0n) is 15.2. The van der Waals surface area contributed by atoms with Crippen LogP contribution in [0, 0.1) is 12.7 Å². The molecule has 1 aromatic heterocycles. The molecule has 0 saturated carbocycles. The third-order valence-corrected chi connectivity index (χ3v) is 5.21. The quantitative estimate of drug-likeness (QED) is 0.456. The largest absolute Gasteiger partial charge is 0.508 e. The molecule has 0 saturated heterocycles. The van der Waals surface area contributed by atoms with Crippen LogP contribution in [0.1, 0.15) is 20.8 Å². The number of aromatic hydroxyl groups is 1. The first-order valence-corrected chi connectivity index (χ1v) is 9.63. The number of anilines is 1. The summed E-state index contributed by atoms with van der Waals surface area (Å²) in [6, 6.07) is 13.6. The van der Waals surface area contributed by atoms with E-state index < -0.39 is 18.1 Å². The first-order valence-electron chi connectivity index (χ1n) is 8.75. The molecule has 3 rings (SSSR count). The first kappa shape index (κ1) is 19.9. The molecule has 0 bridgehead atoms. The fourth-order valence-electron chi connectivity index (χ4n) is 2.78. The second-order valence-corrected chi connectivity index (χ2v) is 7.42. The Balaban J connectivity index is 1.80. The summed E-state index contributed by atoms with van der Waals surface area (Å²) >= 11 is 1.30. The number of halogens is 1. The fourth-order valence-corrected chi connectivity index (χ4v) is 3.41. The number of hydrogen-bond acceptors (Lipinski definition) is 5. The van der Waals surface area contributed by atoms with Gasteiger partial charge in [-0.2, -0.15) is 0 Å². The molecule has 5 nitrogen and oxygen atoms in total. The monoisotopic (exact) mass is 400 g/mol. The molecule has 3 aromatic rings. The van der Waals surface area contributed by atoms with Crippen LogP contribution < -0.4 is 10.6 Å². The molecule has 4 N–H and O–H groups in total. The molecule has 7 heteroatoms. The second kappa shape index (κ2) is 8.86. The van der Waals surface area contributed by atoms with Crippen LogP contribution in [0.5, 0.6) is 5.75 Å². The highest BCUT2D eigenvalue weighted by atomic mass is 32.1. The molecule has 0 aliphatic rings. The Hall–Kier alpha value is -2.90. The van der Waals surface area contributed by atoms with Gasteiger partial charge < -0.3 is 20.8 Å². The lowest BCUT2D eigenvalue weighted by Crippen LogP contribution is -2.48. The molecule has 1 amide bonds. The average molecular weight is 400 g/mol. The van der Waals surface area contributed by atoms with E-state index in [4.69, 9.17) is 0 Å². The Morgan fingerprint density at radius 3 is 2.61 bits per heavy atom. The molecule has 0 radical (unpaired) electrons. The van der Waals surface area contributed by atoms with E-state index in [0.717, 1.165) is 11.1 Å². The molecule has 0 aliphatic carbocycles. The standard InChI is InChI=1S/C21H21FN2O3S/c1-13-4-7-15(22)12-17(13)23-20(26)18(11-14-5-8-16(25)9-6-14)24-21(27)19-3-2-10-28-19/h2-10,12,18,20,23,25-26H,11H2,1H3,(H,24,27). The summed E-state index contributed by atoms with van der Waals surface area (Å²) in [7, 11) is 0. The minimum Gasteiger partial charge on any atom is -0.508 e. The lowest BCUT2D eigenvalue weighted by Gasteiger charge is -2.26. The summed E-state index contributed by atoms with van der Waals surface area (Å²) < 4.78 is 13.6. The smallest absolute Gasteiger partial charge is 0.261 e. The van der Waals surface area contributed by atoms with Crippen molar-refractivity contribution in [2.75, 3.05) is 5.32 Å². The van der Waals surface area contributed by atoms with E-state index >= 15 is 0 Å². The Labute approximate surface area is 166 Å². The van der Waals surface area contributed by atoms with Crippen molar-refractivity contribution in [3.63, 3.8) is 0 Å². The highest BCUT2D eigenvalue weighted by Crippen LogP contribution is 2.19. The maximum atomic E-state index is 13.6. The summed E-state index contributed by atoms with van der Waals surface area (Å²) in [5.41, 5.74) is 2.05. The van der Waals surface area contributed by atoms with Crippen molar-refractivity contribution in [1.29, 1.82) is 0 Å². The molecule has 1 heterocycles. The van der Waals surface area contributed by atoms with Gasteiger partial charge in [-0.05, 0) is 60.2 Å². The van der Waals surface area contributed by atoms with Gasteiger partial charge in [0, 0.05) is 5.69 Å². The molecule has 2 atom stereocenters. The molecule has 2 unspecified atom stereocenters. The molecule has 0 spiro atoms. The van der Waals surface area contributed by atoms with E-state index in [1.54, 1.807) is 54.8 Å². The molecule has 146 valence electrons. The molecular weight excluding hydrogens is 379 g/mol. The number of phenolic OH excluding ortho intramolecular Hbond substituents is 1. The molecular formula is C21H21FN2O3S. The van der Waals surface area contributed by atoms with Gasteiger partial charge in [0.25, 0.3) is 5.91 Å². The predicted molar refractivity (Wildman–Crippen MR) is 108 cm³/mol. The Bertz CT molecular complexity index is 929. The van der Waals surface area contributed by atoms with Gasteiger partial charge in [0.2, 0.25) is 0 Å². The van der Waals surface area contributed by atoms with E-state index in [9.17, 15) is 19.4 Å². The van der Waals surface area contributed by atoms with Gasteiger partial charge in [0.05, 0.1) is 10.9 Å². The van der Waals surface area contributed by atoms with E-state index in [1.807, 2.05) is 0 Å². The Morgan fingerprint density at radius 1 is 1.18 bits per heavy atom. The number of benzene rings is 2. The normalized spacial score (nSPS) is 13.0. The Morgan fingerprint density at radius 2 is 1.93 bits per heavy atom. The number of nitrogens with one attached hydrogen (secondary N) is 2.